The third kappa shape index (κ3) is 3.13. The van der Waals surface area contributed by atoms with Crippen LogP contribution in [-0.2, 0) is 0 Å². The van der Waals surface area contributed by atoms with Crippen LogP contribution in [0.15, 0.2) is 53.6 Å². The molecule has 2 aromatic carbocycles. The maximum atomic E-state index is 12.9. The minimum absolute atomic E-state index is 0.235. The zero-order valence-corrected chi connectivity index (χ0v) is 11.8. The van der Waals surface area contributed by atoms with Crippen molar-refractivity contribution in [1.29, 1.82) is 0 Å². The Morgan fingerprint density at radius 3 is 2.57 bits per heavy atom. The molecule has 0 atom stereocenters. The Labute approximate surface area is 123 Å². The summed E-state index contributed by atoms with van der Waals surface area (Å²) >= 11 is 0. The van der Waals surface area contributed by atoms with Crippen LogP contribution in [0.4, 0.5) is 15.8 Å². The summed E-state index contributed by atoms with van der Waals surface area (Å²) < 4.78 is 12.9. The van der Waals surface area contributed by atoms with Crippen LogP contribution in [0.5, 0.6) is 0 Å². The van der Waals surface area contributed by atoms with Gasteiger partial charge in [-0.1, -0.05) is 17.7 Å². The van der Waals surface area contributed by atoms with E-state index in [1.54, 1.807) is 12.1 Å². The lowest BCUT2D eigenvalue weighted by atomic mass is 10.2. The van der Waals surface area contributed by atoms with Crippen LogP contribution in [-0.4, -0.2) is 19.0 Å². The first-order valence-corrected chi connectivity index (χ1v) is 6.85. The molecule has 1 aliphatic heterocycles. The molecule has 0 unspecified atom stereocenters. The van der Waals surface area contributed by atoms with Crippen molar-refractivity contribution in [2.24, 2.45) is 5.10 Å². The van der Waals surface area contributed by atoms with Crippen LogP contribution < -0.4 is 15.6 Å². The Morgan fingerprint density at radius 1 is 1.14 bits per heavy atom. The van der Waals surface area contributed by atoms with E-state index in [4.69, 9.17) is 0 Å². The lowest BCUT2D eigenvalue weighted by Gasteiger charge is -2.20. The van der Waals surface area contributed by atoms with E-state index in [2.05, 4.69) is 51.9 Å². The number of anilines is 2. The molecule has 0 bridgehead atoms. The molecule has 0 saturated carbocycles. The van der Waals surface area contributed by atoms with E-state index >= 15 is 0 Å². The lowest BCUT2D eigenvalue weighted by Crippen LogP contribution is -2.33. The molecule has 0 fully saturated rings. The van der Waals surface area contributed by atoms with E-state index in [1.807, 2.05) is 0 Å². The molecule has 5 heteroatoms. The summed E-state index contributed by atoms with van der Waals surface area (Å²) in [6.45, 7) is 3.30. The summed E-state index contributed by atoms with van der Waals surface area (Å²) in [5, 5.41) is 7.55. The highest BCUT2D eigenvalue weighted by atomic mass is 19.1. The molecule has 0 amide bonds. The molecule has 3 rings (SSSR count). The van der Waals surface area contributed by atoms with Gasteiger partial charge in [0.15, 0.2) is 0 Å². The SMILES string of the molecule is Cc1ccc(N2CNN=C2CNc2ccc(F)cc2)cc1. The molecule has 108 valence electrons. The van der Waals surface area contributed by atoms with Gasteiger partial charge in [0, 0.05) is 11.4 Å². The summed E-state index contributed by atoms with van der Waals surface area (Å²) in [6, 6.07) is 14.6. The molecular formula is C16H17FN4. The predicted molar refractivity (Wildman–Crippen MR) is 84.0 cm³/mol. The van der Waals surface area contributed by atoms with Gasteiger partial charge in [-0.3, -0.25) is 5.43 Å². The Kier molecular flexibility index (Phi) is 3.73. The second kappa shape index (κ2) is 5.83. The summed E-state index contributed by atoms with van der Waals surface area (Å²) in [6.07, 6.45) is 0. The molecule has 0 spiro atoms. The van der Waals surface area contributed by atoms with Gasteiger partial charge in [-0.25, -0.2) is 4.39 Å². The standard InChI is InChI=1S/C16H17FN4/c1-12-2-8-15(9-3-12)21-11-19-20-16(21)10-18-14-6-4-13(17)5-7-14/h2-9,18-19H,10-11H2,1H3. The summed E-state index contributed by atoms with van der Waals surface area (Å²) in [7, 11) is 0. The number of hydrogen-bond donors (Lipinski definition) is 2. The van der Waals surface area contributed by atoms with Crippen molar-refractivity contribution in [2.75, 3.05) is 23.4 Å². The highest BCUT2D eigenvalue weighted by Crippen LogP contribution is 2.17. The van der Waals surface area contributed by atoms with E-state index in [9.17, 15) is 4.39 Å². The number of halogens is 1. The monoisotopic (exact) mass is 284 g/mol. The molecule has 2 aromatic rings. The van der Waals surface area contributed by atoms with Crippen molar-refractivity contribution in [3.8, 4) is 0 Å². The number of rotatable bonds is 4. The van der Waals surface area contributed by atoms with E-state index in [-0.39, 0.29) is 5.82 Å². The number of nitrogens with one attached hydrogen (secondary N) is 2. The fraction of sp³-hybridized carbons (Fsp3) is 0.188. The maximum absolute atomic E-state index is 12.9. The Morgan fingerprint density at radius 2 is 1.86 bits per heavy atom. The molecule has 1 heterocycles. The average Bonchev–Trinajstić information content (AvgIpc) is 2.96. The van der Waals surface area contributed by atoms with Crippen molar-refractivity contribution in [2.45, 2.75) is 6.92 Å². The topological polar surface area (TPSA) is 39.7 Å². The second-order valence-corrected chi connectivity index (χ2v) is 4.97. The molecular weight excluding hydrogens is 267 g/mol. The molecule has 0 aliphatic carbocycles. The van der Waals surface area contributed by atoms with Crippen LogP contribution >= 0.6 is 0 Å². The first-order valence-electron chi connectivity index (χ1n) is 6.85. The van der Waals surface area contributed by atoms with Crippen LogP contribution in [0.3, 0.4) is 0 Å². The molecule has 21 heavy (non-hydrogen) atoms. The molecule has 0 saturated heterocycles. The smallest absolute Gasteiger partial charge is 0.150 e. The number of amidine groups is 1. The lowest BCUT2D eigenvalue weighted by molar-refractivity contribution is 0.628. The van der Waals surface area contributed by atoms with Crippen molar-refractivity contribution in [3.05, 3.63) is 59.9 Å². The zero-order chi connectivity index (χ0) is 14.7. The van der Waals surface area contributed by atoms with Gasteiger partial charge in [0.05, 0.1) is 6.54 Å². The van der Waals surface area contributed by atoms with Crippen LogP contribution in [0, 0.1) is 12.7 Å². The van der Waals surface area contributed by atoms with E-state index < -0.39 is 0 Å². The van der Waals surface area contributed by atoms with Gasteiger partial charge in [0.25, 0.3) is 0 Å². The normalized spacial score (nSPS) is 13.8. The van der Waals surface area contributed by atoms with E-state index in [1.165, 1.54) is 17.7 Å². The zero-order valence-electron chi connectivity index (χ0n) is 11.8. The number of hydrazone groups is 1. The Balaban J connectivity index is 1.67. The fourth-order valence-corrected chi connectivity index (χ4v) is 2.20. The van der Waals surface area contributed by atoms with Gasteiger partial charge in [-0.15, -0.1) is 0 Å². The third-order valence-electron chi connectivity index (χ3n) is 3.39. The van der Waals surface area contributed by atoms with Gasteiger partial charge in [-0.2, -0.15) is 5.10 Å². The summed E-state index contributed by atoms with van der Waals surface area (Å²) in [4.78, 5) is 2.11. The number of hydrogen-bond acceptors (Lipinski definition) is 4. The number of benzene rings is 2. The van der Waals surface area contributed by atoms with Gasteiger partial charge in [0.1, 0.15) is 18.3 Å². The average molecular weight is 284 g/mol. The minimum Gasteiger partial charge on any atom is -0.378 e. The van der Waals surface area contributed by atoms with Crippen LogP contribution in [0.1, 0.15) is 5.56 Å². The van der Waals surface area contributed by atoms with Crippen molar-refractivity contribution in [1.82, 2.24) is 5.43 Å². The van der Waals surface area contributed by atoms with Gasteiger partial charge in [0.2, 0.25) is 0 Å². The van der Waals surface area contributed by atoms with Crippen molar-refractivity contribution < 1.29 is 4.39 Å². The predicted octanol–water partition coefficient (Wildman–Crippen LogP) is 2.93. The summed E-state index contributed by atoms with van der Waals surface area (Å²) in [5.41, 5.74) is 6.20. The second-order valence-electron chi connectivity index (χ2n) is 4.97. The van der Waals surface area contributed by atoms with Crippen LogP contribution in [0.25, 0.3) is 0 Å². The number of nitrogens with zero attached hydrogens (tertiary/aromatic N) is 2. The number of aryl methyl sites for hydroxylation is 1. The Bertz CT molecular complexity index is 634. The van der Waals surface area contributed by atoms with Gasteiger partial charge in [-0.05, 0) is 43.3 Å². The summed E-state index contributed by atoms with van der Waals surface area (Å²) in [5.74, 6) is 0.671. The largest absolute Gasteiger partial charge is 0.378 e. The molecule has 1 aliphatic rings. The maximum Gasteiger partial charge on any atom is 0.150 e. The van der Waals surface area contributed by atoms with E-state index in [0.717, 1.165) is 17.2 Å². The van der Waals surface area contributed by atoms with Crippen LogP contribution in [0.2, 0.25) is 0 Å². The minimum atomic E-state index is -0.235. The van der Waals surface area contributed by atoms with E-state index in [0.29, 0.717) is 13.2 Å². The van der Waals surface area contributed by atoms with Gasteiger partial charge >= 0.3 is 0 Å². The highest BCUT2D eigenvalue weighted by molar-refractivity contribution is 6.01. The molecule has 2 N–H and O–H groups in total. The third-order valence-corrected chi connectivity index (χ3v) is 3.39. The van der Waals surface area contributed by atoms with Crippen molar-refractivity contribution in [3.63, 3.8) is 0 Å². The first-order chi connectivity index (χ1) is 10.2. The molecule has 0 aromatic heterocycles. The molecule has 4 nitrogen and oxygen atoms in total. The van der Waals surface area contributed by atoms with Crippen molar-refractivity contribution >= 4 is 17.2 Å². The first kappa shape index (κ1) is 13.4. The van der Waals surface area contributed by atoms with Gasteiger partial charge < -0.3 is 10.2 Å². The Hall–Kier alpha value is -2.56. The quantitative estimate of drug-likeness (QED) is 0.907. The fourth-order valence-electron chi connectivity index (χ4n) is 2.20. The highest BCUT2D eigenvalue weighted by Gasteiger charge is 2.18. The molecule has 0 radical (unpaired) electrons.